The zero-order valence-electron chi connectivity index (χ0n) is 28.2. The van der Waals surface area contributed by atoms with Crippen LogP contribution in [0.4, 0.5) is 4.39 Å². The van der Waals surface area contributed by atoms with Crippen molar-refractivity contribution in [1.82, 2.24) is 19.7 Å². The van der Waals surface area contributed by atoms with Crippen LogP contribution in [-0.4, -0.2) is 90.0 Å². The molecule has 3 fully saturated rings. The highest BCUT2D eigenvalue weighted by Gasteiger charge is 2.67. The van der Waals surface area contributed by atoms with Crippen molar-refractivity contribution >= 4 is 17.5 Å². The minimum Gasteiger partial charge on any atom is -0.489 e. The van der Waals surface area contributed by atoms with Crippen molar-refractivity contribution in [3.05, 3.63) is 57.9 Å². The molecule has 6 rings (SSSR count). The third kappa shape index (κ3) is 6.13. The average molecular weight is 662 g/mol. The fourth-order valence-corrected chi connectivity index (χ4v) is 9.11. The first kappa shape index (κ1) is 33.7. The zero-order chi connectivity index (χ0) is 33.7. The number of fused-ring (bicyclic) bond motifs is 1. The number of methoxy groups -OCH3 is 1. The molecule has 1 aromatic carbocycles. The molecule has 0 spiro atoms. The van der Waals surface area contributed by atoms with E-state index in [1.807, 2.05) is 17.0 Å². The van der Waals surface area contributed by atoms with Gasteiger partial charge in [-0.05, 0) is 62.9 Å². The van der Waals surface area contributed by atoms with Crippen LogP contribution in [0.5, 0.6) is 5.75 Å². The number of carbonyl (C=O) groups excluding carboxylic acids is 1. The highest BCUT2D eigenvalue weighted by Crippen LogP contribution is 2.59. The Hall–Kier alpha value is -3.21. The third-order valence-corrected chi connectivity index (χ3v) is 11.5. The van der Waals surface area contributed by atoms with Crippen molar-refractivity contribution in [3.8, 4) is 23.7 Å². The molecule has 0 radical (unpaired) electrons. The van der Waals surface area contributed by atoms with E-state index in [0.29, 0.717) is 52.1 Å². The summed E-state index contributed by atoms with van der Waals surface area (Å²) in [6.07, 6.45) is 3.52. The van der Waals surface area contributed by atoms with Gasteiger partial charge in [0.25, 0.3) is 5.91 Å². The van der Waals surface area contributed by atoms with E-state index in [-0.39, 0.29) is 28.9 Å². The molecule has 2 aromatic rings. The number of alkyl halides is 1. The number of rotatable bonds is 8. The second-order valence-electron chi connectivity index (χ2n) is 14.8. The van der Waals surface area contributed by atoms with Gasteiger partial charge in [0.2, 0.25) is 0 Å². The van der Waals surface area contributed by atoms with E-state index < -0.39 is 12.9 Å². The molecule has 1 saturated heterocycles. The molecule has 2 aliphatic carbocycles. The Morgan fingerprint density at radius 2 is 1.83 bits per heavy atom. The molecule has 3 heterocycles. The molecule has 0 N–H and O–H groups in total. The van der Waals surface area contributed by atoms with Crippen LogP contribution >= 0.6 is 11.6 Å². The van der Waals surface area contributed by atoms with Gasteiger partial charge in [-0.25, -0.2) is 9.37 Å². The van der Waals surface area contributed by atoms with Gasteiger partial charge >= 0.3 is 0 Å². The molecular formula is C37H45ClFN5O3. The minimum absolute atomic E-state index is 0.00355. The van der Waals surface area contributed by atoms with Gasteiger partial charge in [-0.1, -0.05) is 45.2 Å². The van der Waals surface area contributed by atoms with E-state index in [1.54, 1.807) is 25.3 Å². The Morgan fingerprint density at radius 3 is 2.45 bits per heavy atom. The smallest absolute Gasteiger partial charge is 0.256 e. The predicted octanol–water partition coefficient (Wildman–Crippen LogP) is 5.91. The normalized spacial score (nSPS) is 27.2. The SMILES string of the molecule is COC(CF)N1CCC(N(C)C2CC(C#Cc3ccc4c(n3)CN([C@H]3C(C)(C)[C@H](Oc5ccc(C#N)c(Cl)c5)C3(C)C)C4=O)C2)CC1. The highest BCUT2D eigenvalue weighted by atomic mass is 35.5. The van der Waals surface area contributed by atoms with E-state index in [0.717, 1.165) is 44.5 Å². The van der Waals surface area contributed by atoms with E-state index in [2.05, 4.69) is 62.5 Å². The Kier molecular flexibility index (Phi) is 9.32. The Bertz CT molecular complexity index is 1600. The summed E-state index contributed by atoms with van der Waals surface area (Å²) in [7, 11) is 3.79. The molecule has 47 heavy (non-hydrogen) atoms. The second kappa shape index (κ2) is 13.0. The average Bonchev–Trinajstić information content (AvgIpc) is 3.33. The quantitative estimate of drug-likeness (QED) is 0.325. The summed E-state index contributed by atoms with van der Waals surface area (Å²) in [5, 5.41) is 9.58. The summed E-state index contributed by atoms with van der Waals surface area (Å²) < 4.78 is 24.9. The standard InChI is InChI=1S/C37H45ClFN5O3/c1-36(2)34(37(3,4)35(36)47-28-11-8-24(21-40)30(38)19-28)44-22-31-29(33(44)45)12-10-25(41-31)9-7-23-17-27(18-23)42(5)26-13-15-43(16-14-26)32(20-39)46-6/h8,10-12,19,23,26-27,32,34-35H,13-18,20,22H2,1-6H3/t23?,27?,32?,34-,35-. The fraction of sp³-hybridized carbons (Fsp3) is 0.595. The van der Waals surface area contributed by atoms with Crippen LogP contribution in [0.15, 0.2) is 30.3 Å². The molecule has 2 aliphatic heterocycles. The van der Waals surface area contributed by atoms with Gasteiger partial charge in [0, 0.05) is 61.1 Å². The first-order valence-electron chi connectivity index (χ1n) is 16.6. The summed E-state index contributed by atoms with van der Waals surface area (Å²) in [6.45, 7) is 10.2. The van der Waals surface area contributed by atoms with Crippen LogP contribution in [0.1, 0.15) is 80.7 Å². The molecule has 1 atom stereocenters. The van der Waals surface area contributed by atoms with Gasteiger partial charge in [-0.15, -0.1) is 0 Å². The lowest BCUT2D eigenvalue weighted by Gasteiger charge is -2.65. The highest BCUT2D eigenvalue weighted by molar-refractivity contribution is 6.31. The molecule has 250 valence electrons. The molecule has 8 nitrogen and oxygen atoms in total. The van der Waals surface area contributed by atoms with Crippen LogP contribution in [0, 0.1) is 39.9 Å². The Morgan fingerprint density at radius 1 is 1.13 bits per heavy atom. The minimum atomic E-state index is -0.473. The van der Waals surface area contributed by atoms with Gasteiger partial charge in [0.15, 0.2) is 0 Å². The van der Waals surface area contributed by atoms with E-state index in [9.17, 15) is 14.4 Å². The van der Waals surface area contributed by atoms with Crippen molar-refractivity contribution in [1.29, 1.82) is 5.26 Å². The Balaban J connectivity index is 1.05. The number of amides is 1. The molecule has 10 heteroatoms. The van der Waals surface area contributed by atoms with E-state index in [1.165, 1.54) is 0 Å². The van der Waals surface area contributed by atoms with Crippen LogP contribution < -0.4 is 4.74 Å². The van der Waals surface area contributed by atoms with Gasteiger partial charge in [-0.3, -0.25) is 9.69 Å². The summed E-state index contributed by atoms with van der Waals surface area (Å²) in [5.41, 5.74) is 1.86. The van der Waals surface area contributed by atoms with Crippen LogP contribution in [-0.2, 0) is 11.3 Å². The summed E-state index contributed by atoms with van der Waals surface area (Å²) in [4.78, 5) is 25.0. The van der Waals surface area contributed by atoms with Crippen molar-refractivity contribution in [2.24, 2.45) is 16.7 Å². The number of nitriles is 1. The van der Waals surface area contributed by atoms with Crippen LogP contribution in [0.3, 0.4) is 0 Å². The zero-order valence-corrected chi connectivity index (χ0v) is 29.0. The number of pyridine rings is 1. The van der Waals surface area contributed by atoms with E-state index in [4.69, 9.17) is 26.1 Å². The largest absolute Gasteiger partial charge is 0.489 e. The number of nitrogens with zero attached hydrogens (tertiary/aromatic N) is 5. The van der Waals surface area contributed by atoms with Crippen LogP contribution in [0.2, 0.25) is 5.02 Å². The predicted molar refractivity (Wildman–Crippen MR) is 179 cm³/mol. The molecule has 1 amide bonds. The lowest BCUT2D eigenvalue weighted by Crippen LogP contribution is -2.74. The lowest BCUT2D eigenvalue weighted by atomic mass is 9.49. The maximum absolute atomic E-state index is 13.7. The molecule has 1 aromatic heterocycles. The first-order chi connectivity index (χ1) is 22.4. The monoisotopic (exact) mass is 661 g/mol. The topological polar surface area (TPSA) is 81.9 Å². The maximum Gasteiger partial charge on any atom is 0.256 e. The van der Waals surface area contributed by atoms with Crippen molar-refractivity contribution in [2.45, 2.75) is 90.4 Å². The molecule has 2 saturated carbocycles. The van der Waals surface area contributed by atoms with Gasteiger partial charge in [-0.2, -0.15) is 5.26 Å². The van der Waals surface area contributed by atoms with Crippen molar-refractivity contribution < 1.29 is 18.7 Å². The molecule has 0 bridgehead atoms. The van der Waals surface area contributed by atoms with E-state index >= 15 is 0 Å². The van der Waals surface area contributed by atoms with Gasteiger partial charge < -0.3 is 19.3 Å². The third-order valence-electron chi connectivity index (χ3n) is 11.2. The van der Waals surface area contributed by atoms with Crippen LogP contribution in [0.25, 0.3) is 0 Å². The molecule has 1 unspecified atom stereocenters. The Labute approximate surface area is 283 Å². The van der Waals surface area contributed by atoms with Gasteiger partial charge in [0.05, 0.1) is 28.4 Å². The van der Waals surface area contributed by atoms with Crippen molar-refractivity contribution in [3.63, 3.8) is 0 Å². The number of halogens is 2. The maximum atomic E-state index is 13.7. The number of aromatic nitrogens is 1. The lowest BCUT2D eigenvalue weighted by molar-refractivity contribution is -0.199. The molecule has 4 aliphatic rings. The number of hydrogen-bond donors (Lipinski definition) is 0. The number of likely N-dealkylation sites (tertiary alicyclic amines) is 1. The first-order valence-corrected chi connectivity index (χ1v) is 17.0. The number of ether oxygens (including phenoxy) is 2. The number of benzene rings is 1. The number of piperidine rings is 1. The molecular weight excluding hydrogens is 617 g/mol. The summed E-state index contributed by atoms with van der Waals surface area (Å²) in [5.74, 6) is 7.67. The fourth-order valence-electron chi connectivity index (χ4n) is 8.90. The second-order valence-corrected chi connectivity index (χ2v) is 15.2. The summed E-state index contributed by atoms with van der Waals surface area (Å²) in [6, 6.07) is 11.9. The van der Waals surface area contributed by atoms with Gasteiger partial charge in [0.1, 0.15) is 36.5 Å². The van der Waals surface area contributed by atoms with Crippen molar-refractivity contribution in [2.75, 3.05) is 33.9 Å². The summed E-state index contributed by atoms with van der Waals surface area (Å²) >= 11 is 6.26. The number of hydrogen-bond acceptors (Lipinski definition) is 7. The number of carbonyl (C=O) groups is 1.